The van der Waals surface area contributed by atoms with Gasteiger partial charge in [0.05, 0.1) is 4.47 Å². The van der Waals surface area contributed by atoms with Crippen molar-refractivity contribution in [2.24, 2.45) is 0 Å². The molecule has 0 unspecified atom stereocenters. The summed E-state index contributed by atoms with van der Waals surface area (Å²) < 4.78 is 19.4. The molecule has 94 valence electrons. The molecule has 3 heteroatoms. The number of halogens is 2. The van der Waals surface area contributed by atoms with Crippen LogP contribution in [0.5, 0.6) is 5.75 Å². The largest absolute Gasteiger partial charge is 0.489 e. The van der Waals surface area contributed by atoms with Crippen molar-refractivity contribution < 1.29 is 9.13 Å². The van der Waals surface area contributed by atoms with Crippen molar-refractivity contribution in [1.82, 2.24) is 0 Å². The molecule has 2 rings (SSSR count). The van der Waals surface area contributed by atoms with E-state index in [2.05, 4.69) is 34.1 Å². The standard InChI is InChI=1S/C15H14BrFO/c1-10-3-4-11(2)12(7-10)9-18-13-5-6-14(16)15(17)8-13/h3-8H,9H2,1-2H3. The number of hydrogen-bond acceptors (Lipinski definition) is 1. The van der Waals surface area contributed by atoms with Gasteiger partial charge in [0, 0.05) is 6.07 Å². The molecule has 0 amide bonds. The van der Waals surface area contributed by atoms with Crippen LogP contribution in [0.3, 0.4) is 0 Å². The topological polar surface area (TPSA) is 9.23 Å². The molecule has 0 aromatic heterocycles. The number of hydrogen-bond donors (Lipinski definition) is 0. The monoisotopic (exact) mass is 308 g/mol. The Morgan fingerprint density at radius 3 is 2.61 bits per heavy atom. The molecule has 0 saturated heterocycles. The Balaban J connectivity index is 2.11. The van der Waals surface area contributed by atoms with Crippen molar-refractivity contribution in [2.45, 2.75) is 20.5 Å². The highest BCUT2D eigenvalue weighted by Crippen LogP contribution is 2.22. The van der Waals surface area contributed by atoms with Crippen LogP contribution >= 0.6 is 15.9 Å². The second-order valence-electron chi connectivity index (χ2n) is 4.29. The van der Waals surface area contributed by atoms with E-state index in [0.717, 1.165) is 5.56 Å². The highest BCUT2D eigenvalue weighted by atomic mass is 79.9. The van der Waals surface area contributed by atoms with Crippen LogP contribution in [0.15, 0.2) is 40.9 Å². The Morgan fingerprint density at radius 1 is 1.11 bits per heavy atom. The molecule has 0 atom stereocenters. The van der Waals surface area contributed by atoms with Crippen molar-refractivity contribution in [3.8, 4) is 5.75 Å². The molecule has 0 fully saturated rings. The second kappa shape index (κ2) is 5.53. The third-order valence-electron chi connectivity index (χ3n) is 2.79. The zero-order chi connectivity index (χ0) is 13.1. The summed E-state index contributed by atoms with van der Waals surface area (Å²) in [5.41, 5.74) is 3.50. The predicted octanol–water partition coefficient (Wildman–Crippen LogP) is 4.78. The summed E-state index contributed by atoms with van der Waals surface area (Å²) in [5, 5.41) is 0. The van der Waals surface area contributed by atoms with Crippen molar-refractivity contribution in [3.63, 3.8) is 0 Å². The van der Waals surface area contributed by atoms with Gasteiger partial charge < -0.3 is 4.74 Å². The summed E-state index contributed by atoms with van der Waals surface area (Å²) in [6, 6.07) is 11.0. The number of aryl methyl sites for hydroxylation is 2. The van der Waals surface area contributed by atoms with Gasteiger partial charge in [0.1, 0.15) is 18.2 Å². The molecule has 0 saturated carbocycles. The van der Waals surface area contributed by atoms with Gasteiger partial charge in [-0.1, -0.05) is 23.8 Å². The van der Waals surface area contributed by atoms with Crippen LogP contribution in [0.4, 0.5) is 4.39 Å². The third-order valence-corrected chi connectivity index (χ3v) is 3.43. The lowest BCUT2D eigenvalue weighted by Crippen LogP contribution is -1.98. The van der Waals surface area contributed by atoms with Crippen LogP contribution in [0.1, 0.15) is 16.7 Å². The SMILES string of the molecule is Cc1ccc(C)c(COc2ccc(Br)c(F)c2)c1. The van der Waals surface area contributed by atoms with E-state index in [1.807, 2.05) is 13.8 Å². The maximum absolute atomic E-state index is 13.3. The summed E-state index contributed by atoms with van der Waals surface area (Å²) in [5.74, 6) is 0.227. The molecular weight excluding hydrogens is 295 g/mol. The molecule has 18 heavy (non-hydrogen) atoms. The predicted molar refractivity (Wildman–Crippen MR) is 74.3 cm³/mol. The van der Waals surface area contributed by atoms with Gasteiger partial charge >= 0.3 is 0 Å². The first-order valence-corrected chi connectivity index (χ1v) is 6.49. The minimum Gasteiger partial charge on any atom is -0.489 e. The summed E-state index contributed by atoms with van der Waals surface area (Å²) in [6.45, 7) is 4.54. The number of rotatable bonds is 3. The van der Waals surface area contributed by atoms with Gasteiger partial charge in [-0.25, -0.2) is 4.39 Å². The van der Waals surface area contributed by atoms with Gasteiger partial charge in [0.15, 0.2) is 0 Å². The highest BCUT2D eigenvalue weighted by Gasteiger charge is 2.03. The van der Waals surface area contributed by atoms with Crippen LogP contribution in [0.25, 0.3) is 0 Å². The highest BCUT2D eigenvalue weighted by molar-refractivity contribution is 9.10. The molecule has 0 heterocycles. The average molecular weight is 309 g/mol. The van der Waals surface area contributed by atoms with Crippen LogP contribution in [0, 0.1) is 19.7 Å². The molecule has 0 bridgehead atoms. The molecule has 1 nitrogen and oxygen atoms in total. The number of benzene rings is 2. The molecule has 0 aliphatic rings. The maximum atomic E-state index is 13.3. The van der Waals surface area contributed by atoms with Gasteiger partial charge in [-0.2, -0.15) is 0 Å². The second-order valence-corrected chi connectivity index (χ2v) is 5.15. The molecule has 0 aliphatic heterocycles. The zero-order valence-corrected chi connectivity index (χ0v) is 11.9. The van der Waals surface area contributed by atoms with E-state index in [0.29, 0.717) is 16.8 Å². The summed E-state index contributed by atoms with van der Waals surface area (Å²) in [4.78, 5) is 0. The van der Waals surface area contributed by atoms with Gasteiger partial charge in [-0.05, 0) is 53.0 Å². The summed E-state index contributed by atoms with van der Waals surface area (Å²) in [7, 11) is 0. The quantitative estimate of drug-likeness (QED) is 0.792. The molecule has 0 aliphatic carbocycles. The third kappa shape index (κ3) is 3.10. The minimum atomic E-state index is -0.312. The van der Waals surface area contributed by atoms with Crippen molar-refractivity contribution >= 4 is 15.9 Å². The van der Waals surface area contributed by atoms with Crippen LogP contribution in [0.2, 0.25) is 0 Å². The van der Waals surface area contributed by atoms with E-state index >= 15 is 0 Å². The van der Waals surface area contributed by atoms with Gasteiger partial charge in [0.2, 0.25) is 0 Å². The number of ether oxygens (including phenoxy) is 1. The molecule has 0 radical (unpaired) electrons. The fraction of sp³-hybridized carbons (Fsp3) is 0.200. The average Bonchev–Trinajstić information content (AvgIpc) is 2.34. The van der Waals surface area contributed by atoms with Gasteiger partial charge in [-0.3, -0.25) is 0 Å². The van der Waals surface area contributed by atoms with Crippen LogP contribution in [-0.4, -0.2) is 0 Å². The summed E-state index contributed by atoms with van der Waals surface area (Å²) >= 11 is 3.12. The molecule has 0 N–H and O–H groups in total. The van der Waals surface area contributed by atoms with E-state index in [4.69, 9.17) is 4.74 Å². The van der Waals surface area contributed by atoms with E-state index in [9.17, 15) is 4.39 Å². The molecule has 2 aromatic carbocycles. The van der Waals surface area contributed by atoms with E-state index in [1.165, 1.54) is 17.2 Å². The van der Waals surface area contributed by atoms with E-state index < -0.39 is 0 Å². The van der Waals surface area contributed by atoms with Crippen molar-refractivity contribution in [2.75, 3.05) is 0 Å². The maximum Gasteiger partial charge on any atom is 0.141 e. The Morgan fingerprint density at radius 2 is 1.89 bits per heavy atom. The Bertz CT molecular complexity index is 566. The first-order valence-electron chi connectivity index (χ1n) is 5.70. The molecular formula is C15H14BrFO. The summed E-state index contributed by atoms with van der Waals surface area (Å²) in [6.07, 6.45) is 0. The van der Waals surface area contributed by atoms with E-state index in [-0.39, 0.29) is 5.82 Å². The Hall–Kier alpha value is -1.35. The lowest BCUT2D eigenvalue weighted by atomic mass is 10.1. The smallest absolute Gasteiger partial charge is 0.141 e. The van der Waals surface area contributed by atoms with Crippen molar-refractivity contribution in [3.05, 3.63) is 63.4 Å². The Kier molecular flexibility index (Phi) is 4.02. The van der Waals surface area contributed by atoms with Crippen molar-refractivity contribution in [1.29, 1.82) is 0 Å². The first-order chi connectivity index (χ1) is 8.56. The van der Waals surface area contributed by atoms with E-state index in [1.54, 1.807) is 12.1 Å². The lowest BCUT2D eigenvalue weighted by Gasteiger charge is -2.10. The lowest BCUT2D eigenvalue weighted by molar-refractivity contribution is 0.303. The molecule has 2 aromatic rings. The van der Waals surface area contributed by atoms with Crippen LogP contribution in [-0.2, 0) is 6.61 Å². The normalized spacial score (nSPS) is 10.4. The Labute approximate surface area is 115 Å². The van der Waals surface area contributed by atoms with Gasteiger partial charge in [0.25, 0.3) is 0 Å². The fourth-order valence-corrected chi connectivity index (χ4v) is 1.93. The minimum absolute atomic E-state index is 0.312. The fourth-order valence-electron chi connectivity index (χ4n) is 1.68. The zero-order valence-electron chi connectivity index (χ0n) is 10.3. The first kappa shape index (κ1) is 13.1. The molecule has 0 spiro atoms. The van der Waals surface area contributed by atoms with Crippen LogP contribution < -0.4 is 4.74 Å². The van der Waals surface area contributed by atoms with Gasteiger partial charge in [-0.15, -0.1) is 0 Å².